The summed E-state index contributed by atoms with van der Waals surface area (Å²) < 4.78 is 13.2. The number of carbonyl (C=O) groups excluding carboxylic acids is 1. The lowest BCUT2D eigenvalue weighted by atomic mass is 9.78. The first kappa shape index (κ1) is 26.6. The number of furan rings is 1. The molecule has 0 saturated carbocycles. The van der Waals surface area contributed by atoms with Gasteiger partial charge in [0.15, 0.2) is 11.6 Å². The molecule has 6 nitrogen and oxygen atoms in total. The second kappa shape index (κ2) is 11.4. The highest BCUT2D eigenvalue weighted by Crippen LogP contribution is 2.32. The molecule has 0 bridgehead atoms. The van der Waals surface area contributed by atoms with Gasteiger partial charge in [0, 0.05) is 16.6 Å². The summed E-state index contributed by atoms with van der Waals surface area (Å²) in [5.41, 5.74) is 3.31. The van der Waals surface area contributed by atoms with E-state index in [4.69, 9.17) is 32.4 Å². The lowest BCUT2D eigenvalue weighted by Gasteiger charge is -2.26. The van der Waals surface area contributed by atoms with Crippen molar-refractivity contribution < 1.29 is 13.9 Å². The number of amides is 1. The van der Waals surface area contributed by atoms with Crippen molar-refractivity contribution in [3.8, 4) is 5.75 Å². The summed E-state index contributed by atoms with van der Waals surface area (Å²) in [6.07, 6.45) is 1.65. The number of hydrogen-bond acceptors (Lipinski definition) is 4. The normalized spacial score (nSPS) is 11.4. The van der Waals surface area contributed by atoms with E-state index in [1.165, 1.54) is 11.1 Å². The molecule has 0 radical (unpaired) electrons. The van der Waals surface area contributed by atoms with Gasteiger partial charge in [0.2, 0.25) is 0 Å². The Kier molecular flexibility index (Phi) is 7.77. The molecular weight excluding hydrogens is 533 g/mol. The zero-order valence-electron chi connectivity index (χ0n) is 21.5. The van der Waals surface area contributed by atoms with Gasteiger partial charge in [-0.25, -0.2) is 0 Å². The molecule has 198 valence electrons. The molecule has 0 fully saturated rings. The Morgan fingerprint density at radius 2 is 1.62 bits per heavy atom. The van der Waals surface area contributed by atoms with Gasteiger partial charge in [-0.05, 0) is 53.1 Å². The zero-order valence-corrected chi connectivity index (χ0v) is 23.0. The number of anilines is 1. The van der Waals surface area contributed by atoms with Crippen molar-refractivity contribution in [2.45, 2.75) is 32.4 Å². The fourth-order valence-corrected chi connectivity index (χ4v) is 4.55. The van der Waals surface area contributed by atoms with Gasteiger partial charge in [0.25, 0.3) is 5.91 Å². The molecule has 3 aromatic carbocycles. The van der Waals surface area contributed by atoms with E-state index in [1.54, 1.807) is 23.0 Å². The summed E-state index contributed by atoms with van der Waals surface area (Å²) in [5, 5.41) is 8.06. The first-order chi connectivity index (χ1) is 18.8. The van der Waals surface area contributed by atoms with Crippen molar-refractivity contribution in [1.29, 1.82) is 0 Å². The Labute approximate surface area is 237 Å². The molecule has 1 N–H and O–H groups in total. The molecule has 0 aliphatic heterocycles. The van der Waals surface area contributed by atoms with Gasteiger partial charge < -0.3 is 14.5 Å². The van der Waals surface area contributed by atoms with Gasteiger partial charge in [-0.1, -0.05) is 91.6 Å². The highest BCUT2D eigenvalue weighted by atomic mass is 35.5. The second-order valence-corrected chi connectivity index (χ2v) is 10.5. The minimum Gasteiger partial charge on any atom is -0.486 e. The van der Waals surface area contributed by atoms with Gasteiger partial charge in [0.1, 0.15) is 23.1 Å². The number of carbonyl (C=O) groups is 1. The Morgan fingerprint density at radius 3 is 2.33 bits per heavy atom. The molecule has 2 aromatic heterocycles. The summed E-state index contributed by atoms with van der Waals surface area (Å²) in [6, 6.07) is 29.2. The van der Waals surface area contributed by atoms with Crippen LogP contribution in [-0.2, 0) is 18.6 Å². The van der Waals surface area contributed by atoms with Crippen molar-refractivity contribution in [2.24, 2.45) is 0 Å². The van der Waals surface area contributed by atoms with Crippen LogP contribution in [0.1, 0.15) is 46.9 Å². The maximum Gasteiger partial charge on any atom is 0.292 e. The summed E-state index contributed by atoms with van der Waals surface area (Å²) in [5.74, 6) is 1.17. The standard InChI is InChI=1S/C31H27Cl2N3O3/c1-31(2,22-6-4-3-5-7-22)23-10-14-25(15-11-23)38-20-26-16-17-28(39-26)30(37)34-29-27(33)19-36(35-29)18-21-8-12-24(32)13-9-21/h3-17,19H,18,20H2,1-2H3,(H,34,35,37). The van der Waals surface area contributed by atoms with E-state index >= 15 is 0 Å². The predicted octanol–water partition coefficient (Wildman–Crippen LogP) is 7.99. The number of aromatic nitrogens is 2. The fraction of sp³-hybridized carbons (Fsp3) is 0.161. The largest absolute Gasteiger partial charge is 0.486 e. The Hall–Kier alpha value is -4.00. The smallest absolute Gasteiger partial charge is 0.292 e. The van der Waals surface area contributed by atoms with Crippen LogP contribution in [0.3, 0.4) is 0 Å². The highest BCUT2D eigenvalue weighted by Gasteiger charge is 2.22. The Balaban J connectivity index is 1.17. The molecule has 0 spiro atoms. The third kappa shape index (κ3) is 6.36. The molecule has 0 aliphatic carbocycles. The SMILES string of the molecule is CC(C)(c1ccccc1)c1ccc(OCc2ccc(C(=O)Nc3nn(Cc4ccc(Cl)cc4)cc3Cl)o2)cc1. The van der Waals surface area contributed by atoms with Crippen LogP contribution in [0.15, 0.2) is 102 Å². The molecule has 8 heteroatoms. The lowest BCUT2D eigenvalue weighted by molar-refractivity contribution is 0.0992. The molecule has 0 saturated heterocycles. The number of ether oxygens (including phenoxy) is 1. The maximum absolute atomic E-state index is 12.7. The van der Waals surface area contributed by atoms with E-state index in [2.05, 4.69) is 60.7 Å². The van der Waals surface area contributed by atoms with Crippen LogP contribution in [0.4, 0.5) is 5.82 Å². The van der Waals surface area contributed by atoms with Crippen molar-refractivity contribution in [3.63, 3.8) is 0 Å². The molecule has 0 aliphatic rings. The number of nitrogens with zero attached hydrogens (tertiary/aromatic N) is 2. The summed E-state index contributed by atoms with van der Waals surface area (Å²) >= 11 is 12.2. The fourth-order valence-electron chi connectivity index (χ4n) is 4.23. The minimum atomic E-state index is -0.451. The van der Waals surface area contributed by atoms with Gasteiger partial charge in [-0.3, -0.25) is 9.48 Å². The number of halogens is 2. The molecule has 1 amide bonds. The van der Waals surface area contributed by atoms with E-state index in [0.717, 1.165) is 5.56 Å². The van der Waals surface area contributed by atoms with Crippen molar-refractivity contribution in [1.82, 2.24) is 9.78 Å². The van der Waals surface area contributed by atoms with Crippen molar-refractivity contribution in [3.05, 3.63) is 135 Å². The number of nitrogens with one attached hydrogen (secondary N) is 1. The zero-order chi connectivity index (χ0) is 27.4. The third-order valence-corrected chi connectivity index (χ3v) is 7.07. The van der Waals surface area contributed by atoms with Gasteiger partial charge in [-0.2, -0.15) is 5.10 Å². The topological polar surface area (TPSA) is 69.3 Å². The Bertz CT molecular complexity index is 1560. The first-order valence-corrected chi connectivity index (χ1v) is 13.2. The molecule has 0 unspecified atom stereocenters. The van der Waals surface area contributed by atoms with Crippen molar-refractivity contribution in [2.75, 3.05) is 5.32 Å². The molecule has 0 atom stereocenters. The molecule has 5 aromatic rings. The monoisotopic (exact) mass is 559 g/mol. The van der Waals surface area contributed by atoms with Crippen LogP contribution in [0, 0.1) is 0 Å². The first-order valence-electron chi connectivity index (χ1n) is 12.4. The average molecular weight is 560 g/mol. The highest BCUT2D eigenvalue weighted by molar-refractivity contribution is 6.33. The second-order valence-electron chi connectivity index (χ2n) is 9.67. The molecule has 39 heavy (non-hydrogen) atoms. The van der Waals surface area contributed by atoms with Gasteiger partial charge in [0.05, 0.1) is 6.54 Å². The summed E-state index contributed by atoms with van der Waals surface area (Å²) in [4.78, 5) is 12.7. The van der Waals surface area contributed by atoms with E-state index in [1.807, 2.05) is 42.5 Å². The number of benzene rings is 3. The Morgan fingerprint density at radius 1 is 0.923 bits per heavy atom. The van der Waals surface area contributed by atoms with Crippen LogP contribution >= 0.6 is 23.2 Å². The molecular formula is C31H27Cl2N3O3. The van der Waals surface area contributed by atoms with Crippen molar-refractivity contribution >= 4 is 34.9 Å². The van der Waals surface area contributed by atoms with Gasteiger partial charge in [-0.15, -0.1) is 0 Å². The van der Waals surface area contributed by atoms with E-state index in [-0.39, 0.29) is 23.6 Å². The van der Waals surface area contributed by atoms with Crippen LogP contribution in [0.2, 0.25) is 10.0 Å². The molecule has 2 heterocycles. The average Bonchev–Trinajstić information content (AvgIpc) is 3.56. The maximum atomic E-state index is 12.7. The van der Waals surface area contributed by atoms with Crippen LogP contribution in [0.5, 0.6) is 5.75 Å². The van der Waals surface area contributed by atoms with Crippen LogP contribution < -0.4 is 10.1 Å². The van der Waals surface area contributed by atoms with E-state index in [9.17, 15) is 4.79 Å². The summed E-state index contributed by atoms with van der Waals surface area (Å²) in [6.45, 7) is 5.07. The lowest BCUT2D eigenvalue weighted by Crippen LogP contribution is -2.18. The van der Waals surface area contributed by atoms with E-state index < -0.39 is 5.91 Å². The van der Waals surface area contributed by atoms with Crippen LogP contribution in [-0.4, -0.2) is 15.7 Å². The van der Waals surface area contributed by atoms with Crippen LogP contribution in [0.25, 0.3) is 0 Å². The van der Waals surface area contributed by atoms with Gasteiger partial charge >= 0.3 is 0 Å². The molecule has 5 rings (SSSR count). The minimum absolute atomic E-state index is 0.127. The number of rotatable bonds is 9. The van der Waals surface area contributed by atoms with E-state index in [0.29, 0.717) is 28.1 Å². The summed E-state index contributed by atoms with van der Waals surface area (Å²) in [7, 11) is 0. The predicted molar refractivity (Wildman–Crippen MR) is 154 cm³/mol. The third-order valence-electron chi connectivity index (χ3n) is 6.54. The quantitative estimate of drug-likeness (QED) is 0.198. The number of hydrogen-bond donors (Lipinski definition) is 1.